The molecule has 2 atom stereocenters. The Bertz CT molecular complexity index is 178. The smallest absolute Gasteiger partial charge is 0.139 e. The monoisotopic (exact) mass is 138 g/mol. The summed E-state index contributed by atoms with van der Waals surface area (Å²) in [7, 11) is 0. The van der Waals surface area contributed by atoms with Gasteiger partial charge in [0.15, 0.2) is 0 Å². The van der Waals surface area contributed by atoms with Gasteiger partial charge in [0.25, 0.3) is 0 Å². The summed E-state index contributed by atoms with van der Waals surface area (Å²) in [6, 6.07) is 0. The molecule has 1 aliphatic rings. The Labute approximate surface area is 60.6 Å². The Morgan fingerprint density at radius 2 is 2.40 bits per heavy atom. The van der Waals surface area contributed by atoms with Crippen LogP contribution in [0.15, 0.2) is 0 Å². The average molecular weight is 138 g/mol. The zero-order valence-corrected chi connectivity index (χ0v) is 5.96. The van der Waals surface area contributed by atoms with Crippen molar-refractivity contribution in [1.29, 1.82) is 0 Å². The van der Waals surface area contributed by atoms with Crippen molar-refractivity contribution in [2.75, 3.05) is 0 Å². The molecule has 1 fully saturated rings. The lowest BCUT2D eigenvalue weighted by Gasteiger charge is -2.22. The maximum atomic E-state index is 10.9. The van der Waals surface area contributed by atoms with Crippen molar-refractivity contribution < 1.29 is 9.53 Å². The SMILES string of the molecule is C#CC1CC(=O)CC(C)O1. The van der Waals surface area contributed by atoms with Crippen LogP contribution in [0.1, 0.15) is 19.8 Å². The second-order valence-electron chi connectivity index (χ2n) is 2.55. The van der Waals surface area contributed by atoms with E-state index < -0.39 is 0 Å². The maximum absolute atomic E-state index is 10.9. The zero-order chi connectivity index (χ0) is 7.56. The molecule has 1 rings (SSSR count). The largest absolute Gasteiger partial charge is 0.362 e. The van der Waals surface area contributed by atoms with Crippen LogP contribution in [0.4, 0.5) is 0 Å². The van der Waals surface area contributed by atoms with Crippen LogP contribution >= 0.6 is 0 Å². The number of hydrogen-bond donors (Lipinski definition) is 0. The molecule has 0 spiro atoms. The molecule has 0 N–H and O–H groups in total. The van der Waals surface area contributed by atoms with Gasteiger partial charge in [-0.05, 0) is 6.92 Å². The molecule has 0 bridgehead atoms. The Balaban J connectivity index is 2.52. The first-order valence-corrected chi connectivity index (χ1v) is 3.35. The zero-order valence-electron chi connectivity index (χ0n) is 5.96. The van der Waals surface area contributed by atoms with Gasteiger partial charge in [-0.25, -0.2) is 0 Å². The molecule has 0 aliphatic carbocycles. The molecule has 0 aromatic heterocycles. The molecule has 0 aromatic carbocycles. The Kier molecular flexibility index (Phi) is 2.08. The van der Waals surface area contributed by atoms with E-state index in [4.69, 9.17) is 11.2 Å². The predicted molar refractivity (Wildman–Crippen MR) is 37.4 cm³/mol. The van der Waals surface area contributed by atoms with Gasteiger partial charge < -0.3 is 4.74 Å². The van der Waals surface area contributed by atoms with Gasteiger partial charge in [0.2, 0.25) is 0 Å². The first kappa shape index (κ1) is 7.30. The summed E-state index contributed by atoms with van der Waals surface area (Å²) in [6.45, 7) is 1.86. The van der Waals surface area contributed by atoms with Crippen molar-refractivity contribution in [2.45, 2.75) is 32.0 Å². The lowest BCUT2D eigenvalue weighted by atomic mass is 10.0. The fourth-order valence-corrected chi connectivity index (χ4v) is 1.09. The molecular weight excluding hydrogens is 128 g/mol. The van der Waals surface area contributed by atoms with Crippen LogP contribution in [0.3, 0.4) is 0 Å². The van der Waals surface area contributed by atoms with Crippen LogP contribution in [-0.4, -0.2) is 18.0 Å². The van der Waals surface area contributed by atoms with E-state index in [1.807, 2.05) is 6.92 Å². The van der Waals surface area contributed by atoms with Crippen molar-refractivity contribution in [3.63, 3.8) is 0 Å². The number of terminal acetylenes is 1. The van der Waals surface area contributed by atoms with E-state index in [0.29, 0.717) is 12.8 Å². The molecule has 10 heavy (non-hydrogen) atoms. The van der Waals surface area contributed by atoms with E-state index in [2.05, 4.69) is 5.92 Å². The van der Waals surface area contributed by atoms with Crippen LogP contribution in [0, 0.1) is 12.3 Å². The van der Waals surface area contributed by atoms with Gasteiger partial charge in [0.05, 0.1) is 6.10 Å². The molecule has 54 valence electrons. The minimum atomic E-state index is -0.281. The van der Waals surface area contributed by atoms with E-state index in [1.165, 1.54) is 0 Å². The summed E-state index contributed by atoms with van der Waals surface area (Å²) in [6.07, 6.45) is 5.72. The lowest BCUT2D eigenvalue weighted by molar-refractivity contribution is -0.130. The first-order valence-electron chi connectivity index (χ1n) is 3.35. The van der Waals surface area contributed by atoms with Gasteiger partial charge in [-0.1, -0.05) is 5.92 Å². The van der Waals surface area contributed by atoms with Crippen molar-refractivity contribution in [1.82, 2.24) is 0 Å². The summed E-state index contributed by atoms with van der Waals surface area (Å²) in [4.78, 5) is 10.9. The Morgan fingerprint density at radius 3 is 2.90 bits per heavy atom. The van der Waals surface area contributed by atoms with E-state index in [1.54, 1.807) is 0 Å². The maximum Gasteiger partial charge on any atom is 0.139 e. The van der Waals surface area contributed by atoms with Gasteiger partial charge in [0, 0.05) is 12.8 Å². The molecule has 1 saturated heterocycles. The topological polar surface area (TPSA) is 26.3 Å². The van der Waals surface area contributed by atoms with E-state index in [9.17, 15) is 4.79 Å². The predicted octanol–water partition coefficient (Wildman–Crippen LogP) is 0.756. The summed E-state index contributed by atoms with van der Waals surface area (Å²) in [5.74, 6) is 2.63. The third-order valence-corrected chi connectivity index (χ3v) is 1.51. The second-order valence-corrected chi connectivity index (χ2v) is 2.55. The van der Waals surface area contributed by atoms with Crippen LogP contribution in [-0.2, 0) is 9.53 Å². The molecule has 2 nitrogen and oxygen atoms in total. The fourth-order valence-electron chi connectivity index (χ4n) is 1.09. The number of Topliss-reactive ketones (excluding diaryl/α,β-unsaturated/α-hetero) is 1. The summed E-state index contributed by atoms with van der Waals surface area (Å²) < 4.78 is 5.25. The van der Waals surface area contributed by atoms with Crippen molar-refractivity contribution in [3.05, 3.63) is 0 Å². The summed E-state index contributed by atoms with van der Waals surface area (Å²) >= 11 is 0. The quantitative estimate of drug-likeness (QED) is 0.462. The fraction of sp³-hybridized carbons (Fsp3) is 0.625. The van der Waals surface area contributed by atoms with Crippen LogP contribution in [0.25, 0.3) is 0 Å². The summed E-state index contributed by atoms with van der Waals surface area (Å²) in [5.41, 5.74) is 0. The Hall–Kier alpha value is -0.810. The minimum Gasteiger partial charge on any atom is -0.362 e. The van der Waals surface area contributed by atoms with Gasteiger partial charge in [-0.15, -0.1) is 6.42 Å². The van der Waals surface area contributed by atoms with E-state index >= 15 is 0 Å². The van der Waals surface area contributed by atoms with E-state index in [0.717, 1.165) is 0 Å². The molecule has 0 radical (unpaired) electrons. The number of ketones is 1. The van der Waals surface area contributed by atoms with Crippen molar-refractivity contribution in [2.24, 2.45) is 0 Å². The molecule has 0 amide bonds. The highest BCUT2D eigenvalue weighted by atomic mass is 16.5. The number of hydrogen-bond acceptors (Lipinski definition) is 2. The molecular formula is C8H10O2. The van der Waals surface area contributed by atoms with Gasteiger partial charge in [0.1, 0.15) is 11.9 Å². The highest BCUT2D eigenvalue weighted by Gasteiger charge is 2.22. The lowest BCUT2D eigenvalue weighted by Crippen LogP contribution is -2.30. The number of ether oxygens (including phenoxy) is 1. The van der Waals surface area contributed by atoms with Crippen molar-refractivity contribution >= 4 is 5.78 Å². The van der Waals surface area contributed by atoms with Crippen LogP contribution < -0.4 is 0 Å². The normalized spacial score (nSPS) is 33.4. The van der Waals surface area contributed by atoms with Crippen molar-refractivity contribution in [3.8, 4) is 12.3 Å². The van der Waals surface area contributed by atoms with Crippen LogP contribution in [0.2, 0.25) is 0 Å². The molecule has 0 saturated carbocycles. The number of carbonyl (C=O) groups is 1. The summed E-state index contributed by atoms with van der Waals surface area (Å²) in [5, 5.41) is 0. The first-order chi connectivity index (χ1) is 4.72. The average Bonchev–Trinajstić information content (AvgIpc) is 1.85. The van der Waals surface area contributed by atoms with Gasteiger partial charge in [-0.2, -0.15) is 0 Å². The van der Waals surface area contributed by atoms with E-state index in [-0.39, 0.29) is 18.0 Å². The molecule has 2 unspecified atom stereocenters. The third-order valence-electron chi connectivity index (χ3n) is 1.51. The number of carbonyl (C=O) groups excluding carboxylic acids is 1. The second kappa shape index (κ2) is 2.85. The number of rotatable bonds is 0. The molecule has 1 heterocycles. The van der Waals surface area contributed by atoms with Gasteiger partial charge >= 0.3 is 0 Å². The minimum absolute atomic E-state index is 0.00213. The molecule has 0 aromatic rings. The molecule has 1 aliphatic heterocycles. The highest BCUT2D eigenvalue weighted by Crippen LogP contribution is 2.14. The highest BCUT2D eigenvalue weighted by molar-refractivity contribution is 5.80. The molecule has 2 heteroatoms. The standard InChI is InChI=1S/C8H10O2/c1-3-8-5-7(9)4-6(2)10-8/h1,6,8H,4-5H2,2H3. The Morgan fingerprint density at radius 1 is 1.70 bits per heavy atom. The van der Waals surface area contributed by atoms with Gasteiger partial charge in [-0.3, -0.25) is 4.79 Å². The van der Waals surface area contributed by atoms with Crippen LogP contribution in [0.5, 0.6) is 0 Å². The third kappa shape index (κ3) is 1.58.